The summed E-state index contributed by atoms with van der Waals surface area (Å²) in [6.45, 7) is 12.9. The quantitative estimate of drug-likeness (QED) is 0.388. The molecule has 0 N–H and O–H groups in total. The van der Waals surface area contributed by atoms with Crippen LogP contribution in [0, 0.1) is 24.0 Å². The van der Waals surface area contributed by atoms with Crippen molar-refractivity contribution in [1.29, 1.82) is 0 Å². The van der Waals surface area contributed by atoms with E-state index in [0.29, 0.717) is 13.0 Å². The predicted octanol–water partition coefficient (Wildman–Crippen LogP) is 4.43. The van der Waals surface area contributed by atoms with Crippen molar-refractivity contribution in [3.8, 4) is 11.4 Å². The zero-order valence-corrected chi connectivity index (χ0v) is 21.0. The average molecular weight is 476 g/mol. The van der Waals surface area contributed by atoms with E-state index >= 15 is 0 Å². The third-order valence-electron chi connectivity index (χ3n) is 7.36. The number of nitrogens with zero attached hydrogens (tertiary/aromatic N) is 5. The maximum absolute atomic E-state index is 12.1. The van der Waals surface area contributed by atoms with Gasteiger partial charge in [0.25, 0.3) is 5.69 Å². The highest BCUT2D eigenvalue weighted by Gasteiger charge is 2.38. The molecule has 0 atom stereocenters. The van der Waals surface area contributed by atoms with E-state index in [1.54, 1.807) is 6.20 Å². The number of benzene rings is 2. The zero-order chi connectivity index (χ0) is 24.7. The summed E-state index contributed by atoms with van der Waals surface area (Å²) in [5, 5.41) is 12.1. The Bertz CT molecular complexity index is 1240. The molecule has 1 fully saturated rings. The summed E-state index contributed by atoms with van der Waals surface area (Å²) in [7, 11) is 0. The molecule has 0 spiro atoms. The van der Waals surface area contributed by atoms with Crippen molar-refractivity contribution in [2.75, 3.05) is 26.2 Å². The first-order valence-corrected chi connectivity index (χ1v) is 12.2. The molecule has 35 heavy (non-hydrogen) atoms. The van der Waals surface area contributed by atoms with Gasteiger partial charge in [-0.25, -0.2) is 4.98 Å². The van der Waals surface area contributed by atoms with E-state index in [0.717, 1.165) is 66.4 Å². The molecule has 3 heterocycles. The monoisotopic (exact) mass is 475 g/mol. The molecule has 1 aromatic heterocycles. The minimum atomic E-state index is -0.342. The lowest BCUT2D eigenvalue weighted by molar-refractivity contribution is -0.386. The van der Waals surface area contributed by atoms with Crippen molar-refractivity contribution in [2.45, 2.75) is 52.8 Å². The number of hydrogen-bond donors (Lipinski definition) is 0. The Morgan fingerprint density at radius 1 is 1.06 bits per heavy atom. The normalized spacial score (nSPS) is 17.8. The van der Waals surface area contributed by atoms with E-state index in [1.165, 1.54) is 5.56 Å². The molecule has 2 aromatic carbocycles. The minimum Gasteiger partial charge on any atom is -0.487 e. The number of fused-ring (bicyclic) bond motifs is 1. The van der Waals surface area contributed by atoms with Crippen molar-refractivity contribution < 1.29 is 9.66 Å². The van der Waals surface area contributed by atoms with Crippen molar-refractivity contribution in [3.05, 3.63) is 80.9 Å². The Labute approximate surface area is 206 Å². The van der Waals surface area contributed by atoms with Gasteiger partial charge in [-0.3, -0.25) is 19.9 Å². The molecule has 0 aliphatic carbocycles. The Morgan fingerprint density at radius 3 is 2.40 bits per heavy atom. The second kappa shape index (κ2) is 9.09. The fraction of sp³-hybridized carbons (Fsp3) is 0.444. The molecular weight excluding hydrogens is 442 g/mol. The largest absolute Gasteiger partial charge is 0.487 e. The second-order valence-corrected chi connectivity index (χ2v) is 10.3. The van der Waals surface area contributed by atoms with Crippen molar-refractivity contribution in [3.63, 3.8) is 0 Å². The molecule has 2 aliphatic rings. The highest BCUT2D eigenvalue weighted by molar-refractivity contribution is 5.64. The third kappa shape index (κ3) is 4.56. The van der Waals surface area contributed by atoms with Crippen LogP contribution in [0.5, 0.6) is 5.75 Å². The van der Waals surface area contributed by atoms with Gasteiger partial charge >= 0.3 is 0 Å². The van der Waals surface area contributed by atoms with Gasteiger partial charge in [0, 0.05) is 74.8 Å². The molecule has 0 unspecified atom stereocenters. The Hall–Kier alpha value is -3.23. The summed E-state index contributed by atoms with van der Waals surface area (Å²) in [6.07, 6.45) is 6.29. The fourth-order valence-corrected chi connectivity index (χ4v) is 5.43. The first-order valence-electron chi connectivity index (χ1n) is 12.2. The van der Waals surface area contributed by atoms with Crippen molar-refractivity contribution in [1.82, 2.24) is 19.4 Å². The molecule has 5 rings (SSSR count). The second-order valence-electron chi connectivity index (χ2n) is 10.3. The number of imidazole rings is 1. The third-order valence-corrected chi connectivity index (χ3v) is 7.36. The topological polar surface area (TPSA) is 76.7 Å². The zero-order valence-electron chi connectivity index (χ0n) is 21.0. The van der Waals surface area contributed by atoms with Crippen LogP contribution in [0.1, 0.15) is 41.7 Å². The van der Waals surface area contributed by atoms with Gasteiger partial charge in [0.05, 0.1) is 22.5 Å². The highest BCUT2D eigenvalue weighted by atomic mass is 16.6. The molecular formula is C27H33N5O3. The van der Waals surface area contributed by atoms with Crippen molar-refractivity contribution in [2.24, 2.45) is 0 Å². The van der Waals surface area contributed by atoms with E-state index < -0.39 is 0 Å². The van der Waals surface area contributed by atoms with Crippen LogP contribution < -0.4 is 4.74 Å². The number of piperazine rings is 1. The lowest BCUT2D eigenvalue weighted by Crippen LogP contribution is -2.45. The maximum atomic E-state index is 12.1. The van der Waals surface area contributed by atoms with Gasteiger partial charge in [0.15, 0.2) is 0 Å². The van der Waals surface area contributed by atoms with Gasteiger partial charge in [-0.1, -0.05) is 18.2 Å². The van der Waals surface area contributed by atoms with Crippen LogP contribution in [0.4, 0.5) is 5.69 Å². The summed E-state index contributed by atoms with van der Waals surface area (Å²) in [5.74, 6) is 0.850. The number of ether oxygens (including phenoxy) is 1. The maximum Gasteiger partial charge on any atom is 0.277 e. The first kappa shape index (κ1) is 23.5. The summed E-state index contributed by atoms with van der Waals surface area (Å²) >= 11 is 0. The molecule has 0 amide bonds. The van der Waals surface area contributed by atoms with E-state index in [9.17, 15) is 10.1 Å². The number of hydrogen-bond acceptors (Lipinski definition) is 6. The van der Waals surface area contributed by atoms with Gasteiger partial charge in [-0.2, -0.15) is 0 Å². The number of rotatable bonds is 6. The van der Waals surface area contributed by atoms with Crippen molar-refractivity contribution >= 4 is 5.69 Å². The molecule has 0 saturated carbocycles. The molecule has 0 bridgehead atoms. The van der Waals surface area contributed by atoms with Crippen LogP contribution >= 0.6 is 0 Å². The Balaban J connectivity index is 1.32. The summed E-state index contributed by atoms with van der Waals surface area (Å²) in [6, 6.07) is 8.42. The molecule has 1 saturated heterocycles. The highest BCUT2D eigenvalue weighted by Crippen LogP contribution is 2.45. The molecule has 0 radical (unpaired) electrons. The summed E-state index contributed by atoms with van der Waals surface area (Å²) in [4.78, 5) is 20.9. The molecule has 3 aromatic rings. The lowest BCUT2D eigenvalue weighted by Gasteiger charge is -2.35. The number of nitro benzene ring substituents is 1. The van der Waals surface area contributed by atoms with Gasteiger partial charge in [0.2, 0.25) is 0 Å². The summed E-state index contributed by atoms with van der Waals surface area (Å²) in [5.41, 5.74) is 5.79. The number of para-hydroxylation sites is 1. The van der Waals surface area contributed by atoms with E-state index in [-0.39, 0.29) is 16.2 Å². The van der Waals surface area contributed by atoms with Crippen LogP contribution in [0.25, 0.3) is 5.69 Å². The lowest BCUT2D eigenvalue weighted by atomic mass is 9.91. The van der Waals surface area contributed by atoms with Gasteiger partial charge < -0.3 is 9.30 Å². The van der Waals surface area contributed by atoms with Crippen LogP contribution in [0.2, 0.25) is 0 Å². The average Bonchev–Trinajstić information content (AvgIpc) is 3.46. The predicted molar refractivity (Wildman–Crippen MR) is 135 cm³/mol. The minimum absolute atomic E-state index is 0.202. The SMILES string of the molecule is Cc1c(C)c([N+](=O)[O-])c(CN2CCN(Cc3ccccc3-n3ccnc3)CC2)c2c1OC(C)(C)C2. The van der Waals surface area contributed by atoms with Gasteiger partial charge in [0.1, 0.15) is 11.4 Å². The summed E-state index contributed by atoms with van der Waals surface area (Å²) < 4.78 is 8.29. The van der Waals surface area contributed by atoms with Crippen LogP contribution in [0.3, 0.4) is 0 Å². The smallest absolute Gasteiger partial charge is 0.277 e. The number of aromatic nitrogens is 2. The van der Waals surface area contributed by atoms with Crippen LogP contribution in [0.15, 0.2) is 43.0 Å². The standard InChI is InChI=1S/C27H33N5O3/c1-19-20(2)26-22(15-27(3,4)35-26)23(25(19)32(33)34)17-30-13-11-29(12-14-30)16-21-7-5-6-8-24(21)31-10-9-28-18-31/h5-10,18H,11-17H2,1-4H3. The van der Waals surface area contributed by atoms with E-state index in [1.807, 2.05) is 26.4 Å². The van der Waals surface area contributed by atoms with Gasteiger partial charge in [-0.15, -0.1) is 0 Å². The number of nitro groups is 1. The molecule has 184 valence electrons. The van der Waals surface area contributed by atoms with E-state index in [4.69, 9.17) is 4.74 Å². The Kier molecular flexibility index (Phi) is 6.11. The van der Waals surface area contributed by atoms with Gasteiger partial charge in [-0.05, 0) is 39.3 Å². The molecule has 2 aliphatic heterocycles. The molecule has 8 nitrogen and oxygen atoms in total. The van der Waals surface area contributed by atoms with E-state index in [2.05, 4.69) is 57.5 Å². The fourth-order valence-electron chi connectivity index (χ4n) is 5.43. The van der Waals surface area contributed by atoms with Crippen LogP contribution in [-0.4, -0.2) is 56.1 Å². The van der Waals surface area contributed by atoms with Crippen LogP contribution in [-0.2, 0) is 19.5 Å². The first-order chi connectivity index (χ1) is 16.7. The Morgan fingerprint density at radius 2 is 1.74 bits per heavy atom. The molecule has 8 heteroatoms.